The van der Waals surface area contributed by atoms with E-state index in [0.717, 1.165) is 22.5 Å². The number of benzene rings is 3. The lowest BCUT2D eigenvalue weighted by atomic mass is 9.77. The van der Waals surface area contributed by atoms with Gasteiger partial charge >= 0.3 is 8.25 Å². The molecule has 37 heavy (non-hydrogen) atoms. The van der Waals surface area contributed by atoms with E-state index < -0.39 is 13.8 Å². The van der Waals surface area contributed by atoms with Crippen molar-refractivity contribution in [2.75, 3.05) is 0 Å². The van der Waals surface area contributed by atoms with Gasteiger partial charge in [-0.25, -0.2) is 9.67 Å². The molecular formula is C30H36N3O3P. The molecule has 0 aliphatic heterocycles. The molecule has 0 spiro atoms. The topological polar surface area (TPSA) is 88.2 Å². The van der Waals surface area contributed by atoms with Crippen LogP contribution in [-0.2, 0) is 10.1 Å². The molecule has 4 aromatic rings. The molecule has 0 aliphatic carbocycles. The van der Waals surface area contributed by atoms with Crippen LogP contribution in [0.5, 0.6) is 0 Å². The maximum Gasteiger partial charge on any atom is 0.314 e. The Balaban J connectivity index is 0.000000886. The van der Waals surface area contributed by atoms with Crippen LogP contribution in [0.3, 0.4) is 0 Å². The van der Waals surface area contributed by atoms with Crippen LogP contribution >= 0.6 is 8.25 Å². The van der Waals surface area contributed by atoms with Gasteiger partial charge in [-0.15, -0.1) is 0 Å². The number of allylic oxidation sites excluding steroid dienone is 1. The Morgan fingerprint density at radius 3 is 1.49 bits per heavy atom. The number of hydrogen-bond donors (Lipinski definition) is 2. The summed E-state index contributed by atoms with van der Waals surface area (Å²) in [5, 5.41) is 5.02. The normalized spacial score (nSPS) is 11.9. The van der Waals surface area contributed by atoms with Crippen molar-refractivity contribution in [1.82, 2.24) is 14.8 Å². The highest BCUT2D eigenvalue weighted by molar-refractivity contribution is 7.30. The van der Waals surface area contributed by atoms with Gasteiger partial charge in [-0.05, 0) is 40.5 Å². The van der Waals surface area contributed by atoms with Crippen LogP contribution in [0.1, 0.15) is 50.2 Å². The van der Waals surface area contributed by atoms with Crippen LogP contribution in [0.4, 0.5) is 0 Å². The summed E-state index contributed by atoms with van der Waals surface area (Å²) in [6.07, 6.45) is 6.21. The van der Waals surface area contributed by atoms with Crippen LogP contribution in [0, 0.1) is 17.8 Å². The van der Waals surface area contributed by atoms with Crippen molar-refractivity contribution in [2.45, 2.75) is 33.2 Å². The average molecular weight is 518 g/mol. The number of hydrogen-bond acceptors (Lipinski definition) is 3. The molecule has 3 aromatic carbocycles. The highest BCUT2D eigenvalue weighted by Crippen LogP contribution is 2.40. The highest BCUT2D eigenvalue weighted by Gasteiger charge is 2.39. The predicted octanol–water partition coefficient (Wildman–Crippen LogP) is 6.42. The van der Waals surface area contributed by atoms with Crippen molar-refractivity contribution >= 4 is 14.3 Å². The first kappa shape index (κ1) is 28.3. The van der Waals surface area contributed by atoms with E-state index in [9.17, 15) is 0 Å². The van der Waals surface area contributed by atoms with Crippen LogP contribution in [-0.4, -0.2) is 24.6 Å². The lowest BCUT2D eigenvalue weighted by Crippen LogP contribution is -2.38. The molecule has 0 saturated carbocycles. The van der Waals surface area contributed by atoms with E-state index in [2.05, 4.69) is 131 Å². The summed E-state index contributed by atoms with van der Waals surface area (Å²) >= 11 is 0. The summed E-state index contributed by atoms with van der Waals surface area (Å²) in [6.45, 7) is 9.08. The van der Waals surface area contributed by atoms with E-state index in [4.69, 9.17) is 24.4 Å². The molecule has 0 radical (unpaired) electrons. The van der Waals surface area contributed by atoms with Gasteiger partial charge in [-0.2, -0.15) is 5.10 Å². The maximum atomic E-state index is 8.74. The van der Waals surface area contributed by atoms with Gasteiger partial charge < -0.3 is 9.79 Å². The van der Waals surface area contributed by atoms with E-state index in [0.29, 0.717) is 17.8 Å². The fourth-order valence-electron chi connectivity index (χ4n) is 4.86. The van der Waals surface area contributed by atoms with Gasteiger partial charge in [0.15, 0.2) is 5.82 Å². The molecule has 1 heterocycles. The zero-order chi connectivity index (χ0) is 26.8. The van der Waals surface area contributed by atoms with Crippen LogP contribution in [0.25, 0.3) is 6.08 Å². The van der Waals surface area contributed by atoms with Gasteiger partial charge in [-0.1, -0.05) is 125 Å². The zero-order valence-corrected chi connectivity index (χ0v) is 22.8. The van der Waals surface area contributed by atoms with Gasteiger partial charge in [-0.3, -0.25) is 4.57 Å². The van der Waals surface area contributed by atoms with Gasteiger partial charge in [0.25, 0.3) is 0 Å². The molecule has 6 nitrogen and oxygen atoms in total. The minimum absolute atomic E-state index is 0.485. The molecule has 194 valence electrons. The van der Waals surface area contributed by atoms with Crippen molar-refractivity contribution in [3.8, 4) is 0 Å². The first-order valence-corrected chi connectivity index (χ1v) is 13.8. The molecule has 1 aromatic heterocycles. The predicted molar refractivity (Wildman–Crippen MR) is 150 cm³/mol. The summed E-state index contributed by atoms with van der Waals surface area (Å²) in [5.41, 5.74) is 2.80. The van der Waals surface area contributed by atoms with E-state index in [1.165, 1.54) is 0 Å². The summed E-state index contributed by atoms with van der Waals surface area (Å²) in [7, 11) is -3.13. The largest absolute Gasteiger partial charge is 0.326 e. The standard InChI is InChI=1S/C30H33N3.H3O3P/c1-23(2)28(24(3)4)20-21-29-31-22-33(32-29)30(25-14-8-5-9-15-25,26-16-10-6-11-17-26)27-18-12-7-13-19-27;1-4(2)3/h5-24,28H,1-4H3;4H,(H2,1,2,3). The molecule has 2 N–H and O–H groups in total. The van der Waals surface area contributed by atoms with E-state index in [1.54, 1.807) is 0 Å². The highest BCUT2D eigenvalue weighted by atomic mass is 31.1. The number of aromatic nitrogens is 3. The van der Waals surface area contributed by atoms with Crippen molar-refractivity contribution < 1.29 is 14.4 Å². The van der Waals surface area contributed by atoms with Gasteiger partial charge in [0.05, 0.1) is 0 Å². The lowest BCUT2D eigenvalue weighted by Gasteiger charge is -2.35. The Morgan fingerprint density at radius 1 is 0.757 bits per heavy atom. The van der Waals surface area contributed by atoms with Crippen molar-refractivity contribution in [1.29, 1.82) is 0 Å². The van der Waals surface area contributed by atoms with E-state index in [-0.39, 0.29) is 0 Å². The van der Waals surface area contributed by atoms with Gasteiger partial charge in [0.2, 0.25) is 0 Å². The molecule has 0 amide bonds. The Labute approximate surface area is 220 Å². The second-order valence-electron chi connectivity index (χ2n) is 9.56. The van der Waals surface area contributed by atoms with Crippen LogP contribution in [0.15, 0.2) is 103 Å². The Bertz CT molecular complexity index is 1160. The second-order valence-corrected chi connectivity index (χ2v) is 10.1. The average Bonchev–Trinajstić information content (AvgIpc) is 3.35. The Hall–Kier alpha value is -3.31. The summed E-state index contributed by atoms with van der Waals surface area (Å²) < 4.78 is 10.8. The summed E-state index contributed by atoms with van der Waals surface area (Å²) in [5.74, 6) is 2.35. The van der Waals surface area contributed by atoms with Crippen molar-refractivity contribution in [3.05, 3.63) is 126 Å². The maximum absolute atomic E-state index is 8.74. The quantitative estimate of drug-likeness (QED) is 0.208. The minimum Gasteiger partial charge on any atom is -0.326 e. The molecule has 0 atom stereocenters. The van der Waals surface area contributed by atoms with Gasteiger partial charge in [0, 0.05) is 0 Å². The lowest BCUT2D eigenvalue weighted by molar-refractivity contribution is 0.357. The third kappa shape index (κ3) is 6.92. The minimum atomic E-state index is -3.13. The van der Waals surface area contributed by atoms with E-state index in [1.807, 2.05) is 11.0 Å². The van der Waals surface area contributed by atoms with E-state index >= 15 is 0 Å². The molecule has 0 bridgehead atoms. The summed E-state index contributed by atoms with van der Waals surface area (Å²) in [6, 6.07) is 31.7. The van der Waals surface area contributed by atoms with Crippen molar-refractivity contribution in [3.63, 3.8) is 0 Å². The number of rotatable bonds is 8. The molecule has 0 saturated heterocycles. The first-order valence-electron chi connectivity index (χ1n) is 12.5. The van der Waals surface area contributed by atoms with Crippen molar-refractivity contribution in [2.24, 2.45) is 17.8 Å². The van der Waals surface area contributed by atoms with Gasteiger partial charge in [0.1, 0.15) is 11.9 Å². The second kappa shape index (κ2) is 13.3. The molecule has 0 unspecified atom stereocenters. The Kier molecular flexibility index (Phi) is 10.2. The Morgan fingerprint density at radius 2 is 1.14 bits per heavy atom. The number of nitrogens with zero attached hydrogens (tertiary/aromatic N) is 3. The zero-order valence-electron chi connectivity index (χ0n) is 21.8. The molecular weight excluding hydrogens is 481 g/mol. The third-order valence-corrected chi connectivity index (χ3v) is 6.44. The monoisotopic (exact) mass is 517 g/mol. The SMILES string of the molecule is CC(C)C(C=Cc1ncn(C(c2ccccc2)(c2ccccc2)c2ccccc2)n1)C(C)C.O=[PH](O)O. The van der Waals surface area contributed by atoms with Crippen LogP contribution in [0.2, 0.25) is 0 Å². The molecule has 7 heteroatoms. The third-order valence-electron chi connectivity index (χ3n) is 6.44. The molecule has 0 fully saturated rings. The fraction of sp³-hybridized carbons (Fsp3) is 0.267. The smallest absolute Gasteiger partial charge is 0.314 e. The molecule has 4 rings (SSSR count). The summed E-state index contributed by atoms with van der Waals surface area (Å²) in [4.78, 5) is 19.0. The van der Waals surface area contributed by atoms with Crippen LogP contribution < -0.4 is 0 Å². The fourth-order valence-corrected chi connectivity index (χ4v) is 4.86. The first-order chi connectivity index (χ1) is 17.8. The molecule has 0 aliphatic rings.